The molecule has 110 valence electrons. The van der Waals surface area contributed by atoms with Crippen molar-refractivity contribution in [3.8, 4) is 0 Å². The minimum absolute atomic E-state index is 0.144. The summed E-state index contributed by atoms with van der Waals surface area (Å²) in [5.41, 5.74) is -0.144. The van der Waals surface area contributed by atoms with Gasteiger partial charge in [0.2, 0.25) is 0 Å². The first kappa shape index (κ1) is 16.2. The number of ether oxygens (including phenoxy) is 1. The summed E-state index contributed by atoms with van der Waals surface area (Å²) >= 11 is 0. The van der Waals surface area contributed by atoms with Crippen molar-refractivity contribution in [1.29, 1.82) is 0 Å². The predicted molar refractivity (Wildman–Crippen MR) is 79.4 cm³/mol. The molecule has 4 heteroatoms. The van der Waals surface area contributed by atoms with Crippen LogP contribution < -0.4 is 5.32 Å². The van der Waals surface area contributed by atoms with Crippen LogP contribution in [0.3, 0.4) is 0 Å². The third-order valence-electron chi connectivity index (χ3n) is 3.89. The van der Waals surface area contributed by atoms with Crippen LogP contribution >= 0.6 is 0 Å². The van der Waals surface area contributed by atoms with Gasteiger partial charge in [-0.2, -0.15) is 0 Å². The standard InChI is InChI=1S/C15H29N3O/c1-6-15(5,19-9-4)13(16-7-2)12-14-17-10-11-18(14)8-3/h10-11,13,16H,6-9,12H2,1-5H3. The lowest BCUT2D eigenvalue weighted by Crippen LogP contribution is -2.52. The van der Waals surface area contributed by atoms with Crippen LogP contribution in [-0.2, 0) is 17.7 Å². The van der Waals surface area contributed by atoms with E-state index in [0.717, 1.165) is 38.4 Å². The van der Waals surface area contributed by atoms with Crippen molar-refractivity contribution in [1.82, 2.24) is 14.9 Å². The summed E-state index contributed by atoms with van der Waals surface area (Å²) in [5.74, 6) is 1.13. The van der Waals surface area contributed by atoms with Gasteiger partial charge in [0.05, 0.1) is 5.60 Å². The zero-order valence-corrected chi connectivity index (χ0v) is 13.1. The number of imidazole rings is 1. The summed E-state index contributed by atoms with van der Waals surface area (Å²) < 4.78 is 8.22. The maximum absolute atomic E-state index is 6.02. The van der Waals surface area contributed by atoms with Gasteiger partial charge in [-0.15, -0.1) is 0 Å². The lowest BCUT2D eigenvalue weighted by Gasteiger charge is -2.37. The summed E-state index contributed by atoms with van der Waals surface area (Å²) in [5, 5.41) is 3.57. The van der Waals surface area contributed by atoms with Crippen molar-refractivity contribution < 1.29 is 4.74 Å². The van der Waals surface area contributed by atoms with E-state index in [9.17, 15) is 0 Å². The van der Waals surface area contributed by atoms with Gasteiger partial charge in [-0.1, -0.05) is 13.8 Å². The lowest BCUT2D eigenvalue weighted by molar-refractivity contribution is -0.0552. The summed E-state index contributed by atoms with van der Waals surface area (Å²) in [6.45, 7) is 13.4. The van der Waals surface area contributed by atoms with Crippen molar-refractivity contribution in [3.05, 3.63) is 18.2 Å². The lowest BCUT2D eigenvalue weighted by atomic mass is 9.90. The maximum atomic E-state index is 6.02. The Hall–Kier alpha value is -0.870. The smallest absolute Gasteiger partial charge is 0.110 e. The highest BCUT2D eigenvalue weighted by atomic mass is 16.5. The van der Waals surface area contributed by atoms with Gasteiger partial charge in [-0.05, 0) is 33.7 Å². The van der Waals surface area contributed by atoms with Gasteiger partial charge in [0.25, 0.3) is 0 Å². The zero-order chi connectivity index (χ0) is 14.3. The van der Waals surface area contributed by atoms with E-state index in [-0.39, 0.29) is 11.6 Å². The Morgan fingerprint density at radius 1 is 1.37 bits per heavy atom. The Bertz CT molecular complexity index is 364. The predicted octanol–water partition coefficient (Wildman–Crippen LogP) is 2.63. The average molecular weight is 267 g/mol. The fourth-order valence-electron chi connectivity index (χ4n) is 2.53. The van der Waals surface area contributed by atoms with Crippen molar-refractivity contribution in [2.45, 2.75) is 65.6 Å². The number of aryl methyl sites for hydroxylation is 1. The van der Waals surface area contributed by atoms with E-state index in [1.807, 2.05) is 12.4 Å². The monoisotopic (exact) mass is 267 g/mol. The molecule has 0 aliphatic rings. The molecule has 1 aromatic rings. The van der Waals surface area contributed by atoms with Crippen LogP contribution in [0, 0.1) is 0 Å². The fraction of sp³-hybridized carbons (Fsp3) is 0.800. The molecule has 0 fully saturated rings. The summed E-state index contributed by atoms with van der Waals surface area (Å²) in [6.07, 6.45) is 5.82. The molecule has 0 amide bonds. The molecule has 1 aromatic heterocycles. The van der Waals surface area contributed by atoms with E-state index < -0.39 is 0 Å². The van der Waals surface area contributed by atoms with Crippen molar-refractivity contribution in [2.24, 2.45) is 0 Å². The van der Waals surface area contributed by atoms with Gasteiger partial charge < -0.3 is 14.6 Å². The number of hydrogen-bond donors (Lipinski definition) is 1. The number of aromatic nitrogens is 2. The van der Waals surface area contributed by atoms with Crippen LogP contribution in [0.4, 0.5) is 0 Å². The van der Waals surface area contributed by atoms with Gasteiger partial charge in [0.1, 0.15) is 5.82 Å². The molecular formula is C15H29N3O. The van der Waals surface area contributed by atoms with Crippen LogP contribution in [0.1, 0.15) is 46.9 Å². The van der Waals surface area contributed by atoms with E-state index in [0.29, 0.717) is 0 Å². The van der Waals surface area contributed by atoms with Crippen LogP contribution in [0.25, 0.3) is 0 Å². The van der Waals surface area contributed by atoms with Crippen LogP contribution in [0.2, 0.25) is 0 Å². The highest BCUT2D eigenvalue weighted by Crippen LogP contribution is 2.23. The Morgan fingerprint density at radius 3 is 2.63 bits per heavy atom. The Kier molecular flexibility index (Phi) is 6.52. The number of nitrogens with one attached hydrogen (secondary N) is 1. The van der Waals surface area contributed by atoms with Crippen LogP contribution in [0.5, 0.6) is 0 Å². The second-order valence-corrected chi connectivity index (χ2v) is 5.04. The normalized spacial score (nSPS) is 16.3. The number of hydrogen-bond acceptors (Lipinski definition) is 3. The molecule has 0 saturated carbocycles. The fourth-order valence-corrected chi connectivity index (χ4v) is 2.53. The second kappa shape index (κ2) is 7.65. The molecule has 0 aromatic carbocycles. The van der Waals surface area contributed by atoms with Crippen molar-refractivity contribution >= 4 is 0 Å². The number of likely N-dealkylation sites (N-methyl/N-ethyl adjacent to an activating group) is 1. The number of rotatable bonds is 9. The Morgan fingerprint density at radius 2 is 2.11 bits per heavy atom. The minimum Gasteiger partial charge on any atom is -0.374 e. The Labute approximate surface area is 117 Å². The van der Waals surface area contributed by atoms with Crippen molar-refractivity contribution in [2.75, 3.05) is 13.2 Å². The molecule has 2 unspecified atom stereocenters. The second-order valence-electron chi connectivity index (χ2n) is 5.04. The molecule has 0 saturated heterocycles. The molecule has 0 bridgehead atoms. The zero-order valence-electron chi connectivity index (χ0n) is 13.1. The molecule has 0 radical (unpaired) electrons. The van der Waals surface area contributed by atoms with Crippen molar-refractivity contribution in [3.63, 3.8) is 0 Å². The molecule has 1 rings (SSSR count). The van der Waals surface area contributed by atoms with E-state index in [4.69, 9.17) is 4.74 Å². The van der Waals surface area contributed by atoms with E-state index in [1.165, 1.54) is 0 Å². The van der Waals surface area contributed by atoms with Gasteiger partial charge in [-0.25, -0.2) is 4.98 Å². The van der Waals surface area contributed by atoms with Crippen LogP contribution in [-0.4, -0.2) is 34.3 Å². The first-order valence-electron chi connectivity index (χ1n) is 7.48. The molecular weight excluding hydrogens is 238 g/mol. The summed E-state index contributed by atoms with van der Waals surface area (Å²) in [7, 11) is 0. The van der Waals surface area contributed by atoms with Crippen LogP contribution in [0.15, 0.2) is 12.4 Å². The largest absolute Gasteiger partial charge is 0.374 e. The molecule has 1 heterocycles. The van der Waals surface area contributed by atoms with Gasteiger partial charge in [-0.3, -0.25) is 0 Å². The van der Waals surface area contributed by atoms with Gasteiger partial charge in [0.15, 0.2) is 0 Å². The molecule has 4 nitrogen and oxygen atoms in total. The summed E-state index contributed by atoms with van der Waals surface area (Å²) in [4.78, 5) is 4.48. The van der Waals surface area contributed by atoms with E-state index in [2.05, 4.69) is 49.5 Å². The summed E-state index contributed by atoms with van der Waals surface area (Å²) in [6, 6.07) is 0.287. The highest BCUT2D eigenvalue weighted by Gasteiger charge is 2.33. The van der Waals surface area contributed by atoms with Gasteiger partial charge >= 0.3 is 0 Å². The minimum atomic E-state index is -0.144. The van der Waals surface area contributed by atoms with Gasteiger partial charge in [0, 0.05) is 38.0 Å². The molecule has 0 aliphatic carbocycles. The maximum Gasteiger partial charge on any atom is 0.110 e. The third-order valence-corrected chi connectivity index (χ3v) is 3.89. The quantitative estimate of drug-likeness (QED) is 0.747. The molecule has 2 atom stereocenters. The molecule has 19 heavy (non-hydrogen) atoms. The topological polar surface area (TPSA) is 39.1 Å². The average Bonchev–Trinajstić information content (AvgIpc) is 2.85. The Balaban J connectivity index is 2.87. The van der Waals surface area contributed by atoms with E-state index in [1.54, 1.807) is 0 Å². The highest BCUT2D eigenvalue weighted by molar-refractivity contribution is 5.00. The van der Waals surface area contributed by atoms with E-state index >= 15 is 0 Å². The first-order valence-corrected chi connectivity index (χ1v) is 7.48. The molecule has 0 spiro atoms. The third kappa shape index (κ3) is 4.05. The first-order chi connectivity index (χ1) is 9.11. The molecule has 1 N–H and O–H groups in total. The number of nitrogens with zero attached hydrogens (tertiary/aromatic N) is 2. The molecule has 0 aliphatic heterocycles. The SMILES string of the molecule is CCNC(Cc1nccn1CC)C(C)(CC)OCC.